The number of thiazole rings is 1. The zero-order chi connectivity index (χ0) is 23.4. The van der Waals surface area contributed by atoms with Crippen LogP contribution in [0.5, 0.6) is 5.75 Å². The van der Waals surface area contributed by atoms with E-state index in [4.69, 9.17) is 14.9 Å². The van der Waals surface area contributed by atoms with Gasteiger partial charge in [-0.2, -0.15) is 13.6 Å². The summed E-state index contributed by atoms with van der Waals surface area (Å²) < 4.78 is 32.3. The fourth-order valence-electron chi connectivity index (χ4n) is 2.89. The monoisotopic (exact) mass is 475 g/mol. The quantitative estimate of drug-likeness (QED) is 0.528. The van der Waals surface area contributed by atoms with Gasteiger partial charge in [-0.15, -0.1) is 11.3 Å². The summed E-state index contributed by atoms with van der Waals surface area (Å²) in [4.78, 5) is 17.2. The van der Waals surface area contributed by atoms with Crippen molar-refractivity contribution >= 4 is 27.7 Å². The number of rotatable bonds is 7. The average Bonchev–Trinajstić information content (AvgIpc) is 3.17. The number of hydrogen-bond donors (Lipinski definition) is 2. The fraction of sp³-hybridized carbons (Fsp3) is 0.273. The highest BCUT2D eigenvalue weighted by Gasteiger charge is 2.23. The number of nitrogens with one attached hydrogen (secondary N) is 1. The Balaban J connectivity index is 1.83. The first-order chi connectivity index (χ1) is 15.0. The largest absolute Gasteiger partial charge is 0.444 e. The predicted molar refractivity (Wildman–Crippen MR) is 124 cm³/mol. The standard InChI is InChI=1S/C22H25N3O5S2/c1-22(2,3)29-21(26)25-18(13-15-9-11-17(12-10-15)30-32(23,27)28)20-24-19(14-31-20)16-7-5-4-6-8-16/h4-12,14,18H,13H2,1-3H3,(H,25,26)(H2,23,27,28). The third-order valence-electron chi connectivity index (χ3n) is 4.16. The summed E-state index contributed by atoms with van der Waals surface area (Å²) in [5, 5.41) is 10.5. The molecule has 32 heavy (non-hydrogen) atoms. The number of carbonyl (C=O) groups excluding carboxylic acids is 1. The van der Waals surface area contributed by atoms with Crippen molar-refractivity contribution in [3.8, 4) is 17.0 Å². The molecule has 1 unspecified atom stereocenters. The molecule has 0 saturated heterocycles. The van der Waals surface area contributed by atoms with E-state index in [1.807, 2.05) is 35.7 Å². The Labute approximate surface area is 191 Å². The molecule has 10 heteroatoms. The number of aromatic nitrogens is 1. The van der Waals surface area contributed by atoms with Crippen molar-refractivity contribution in [2.24, 2.45) is 5.14 Å². The molecule has 0 radical (unpaired) electrons. The van der Waals surface area contributed by atoms with Gasteiger partial charge < -0.3 is 14.2 Å². The minimum atomic E-state index is -4.09. The Morgan fingerprint density at radius 2 is 1.78 bits per heavy atom. The van der Waals surface area contributed by atoms with E-state index in [1.54, 1.807) is 32.9 Å². The first kappa shape index (κ1) is 23.7. The average molecular weight is 476 g/mol. The van der Waals surface area contributed by atoms with Crippen LogP contribution in [0.1, 0.15) is 37.4 Å². The van der Waals surface area contributed by atoms with Crippen LogP contribution in [0.25, 0.3) is 11.3 Å². The molecule has 0 aliphatic carbocycles. The molecular weight excluding hydrogens is 450 g/mol. The molecule has 170 valence electrons. The number of amides is 1. The molecule has 8 nitrogen and oxygen atoms in total. The van der Waals surface area contributed by atoms with E-state index >= 15 is 0 Å². The van der Waals surface area contributed by atoms with Crippen LogP contribution in [0, 0.1) is 0 Å². The number of nitrogens with zero attached hydrogens (tertiary/aromatic N) is 1. The van der Waals surface area contributed by atoms with Gasteiger partial charge in [0.15, 0.2) is 0 Å². The molecule has 0 fully saturated rings. The maximum atomic E-state index is 12.5. The molecular formula is C22H25N3O5S2. The highest BCUT2D eigenvalue weighted by Crippen LogP contribution is 2.28. The van der Waals surface area contributed by atoms with Crippen LogP contribution in [0.3, 0.4) is 0 Å². The maximum absolute atomic E-state index is 12.5. The lowest BCUT2D eigenvalue weighted by Crippen LogP contribution is -2.35. The Morgan fingerprint density at radius 3 is 2.38 bits per heavy atom. The molecule has 0 bridgehead atoms. The number of benzene rings is 2. The molecule has 2 aromatic carbocycles. The van der Waals surface area contributed by atoms with Crippen LogP contribution in [0.15, 0.2) is 60.0 Å². The Hall–Kier alpha value is -2.95. The summed E-state index contributed by atoms with van der Waals surface area (Å²) in [6.45, 7) is 5.38. The molecule has 0 aliphatic heterocycles. The van der Waals surface area contributed by atoms with Gasteiger partial charge in [0.05, 0.1) is 11.7 Å². The lowest BCUT2D eigenvalue weighted by atomic mass is 10.1. The second-order valence-electron chi connectivity index (χ2n) is 8.06. The van der Waals surface area contributed by atoms with Gasteiger partial charge in [-0.25, -0.2) is 9.78 Å². The Morgan fingerprint density at radius 1 is 1.12 bits per heavy atom. The Kier molecular flexibility index (Phi) is 7.17. The molecule has 0 aliphatic rings. The molecule has 1 aromatic heterocycles. The van der Waals surface area contributed by atoms with Crippen molar-refractivity contribution in [2.75, 3.05) is 0 Å². The van der Waals surface area contributed by atoms with Gasteiger partial charge in [0, 0.05) is 10.9 Å². The number of nitrogens with two attached hydrogens (primary N) is 1. The topological polar surface area (TPSA) is 121 Å². The summed E-state index contributed by atoms with van der Waals surface area (Å²) in [6, 6.07) is 15.7. The van der Waals surface area contributed by atoms with Crippen LogP contribution >= 0.6 is 11.3 Å². The first-order valence-corrected chi connectivity index (χ1v) is 12.2. The van der Waals surface area contributed by atoms with Gasteiger partial charge in [-0.3, -0.25) is 0 Å². The lowest BCUT2D eigenvalue weighted by Gasteiger charge is -2.23. The minimum absolute atomic E-state index is 0.105. The molecule has 0 saturated carbocycles. The van der Waals surface area contributed by atoms with Gasteiger partial charge in [-0.05, 0) is 44.9 Å². The van der Waals surface area contributed by atoms with Crippen molar-refractivity contribution < 1.29 is 22.1 Å². The van der Waals surface area contributed by atoms with Crippen molar-refractivity contribution in [1.29, 1.82) is 0 Å². The highest BCUT2D eigenvalue weighted by atomic mass is 32.2. The van der Waals surface area contributed by atoms with Crippen molar-refractivity contribution in [1.82, 2.24) is 10.3 Å². The van der Waals surface area contributed by atoms with Crippen molar-refractivity contribution in [3.05, 3.63) is 70.5 Å². The van der Waals surface area contributed by atoms with Gasteiger partial charge in [0.25, 0.3) is 0 Å². The third-order valence-corrected chi connectivity index (χ3v) is 5.54. The molecule has 1 heterocycles. The van der Waals surface area contributed by atoms with E-state index in [0.717, 1.165) is 21.8 Å². The number of hydrogen-bond acceptors (Lipinski definition) is 7. The fourth-order valence-corrected chi connectivity index (χ4v) is 4.15. The molecule has 1 amide bonds. The Bertz CT molecular complexity index is 1150. The zero-order valence-corrected chi connectivity index (χ0v) is 19.6. The first-order valence-electron chi connectivity index (χ1n) is 9.80. The summed E-state index contributed by atoms with van der Waals surface area (Å²) in [6.07, 6.45) is -0.135. The maximum Gasteiger partial charge on any atom is 0.408 e. The SMILES string of the molecule is CC(C)(C)OC(=O)NC(Cc1ccc(OS(N)(=O)=O)cc1)c1nc(-c2ccccc2)cs1. The molecule has 0 spiro atoms. The highest BCUT2D eigenvalue weighted by molar-refractivity contribution is 7.84. The van der Waals surface area contributed by atoms with Crippen molar-refractivity contribution in [3.63, 3.8) is 0 Å². The molecule has 3 N–H and O–H groups in total. The van der Waals surface area contributed by atoms with E-state index in [1.165, 1.54) is 23.5 Å². The van der Waals surface area contributed by atoms with Gasteiger partial charge in [-0.1, -0.05) is 42.5 Å². The summed E-state index contributed by atoms with van der Waals surface area (Å²) >= 11 is 1.44. The predicted octanol–water partition coefficient (Wildman–Crippen LogP) is 4.20. The number of carbonyl (C=O) groups is 1. The summed E-state index contributed by atoms with van der Waals surface area (Å²) in [5.41, 5.74) is 2.00. The van der Waals surface area contributed by atoms with Crippen LogP contribution in [-0.4, -0.2) is 25.1 Å². The van der Waals surface area contributed by atoms with E-state index in [0.29, 0.717) is 6.42 Å². The summed E-state index contributed by atoms with van der Waals surface area (Å²) in [5.74, 6) is 0.105. The molecule has 3 rings (SSSR count). The third kappa shape index (κ3) is 7.33. The second kappa shape index (κ2) is 9.68. The van der Waals surface area contributed by atoms with Crippen molar-refractivity contribution in [2.45, 2.75) is 38.8 Å². The minimum Gasteiger partial charge on any atom is -0.444 e. The normalized spacial score (nSPS) is 12.8. The van der Waals surface area contributed by atoms with Crippen LogP contribution < -0.4 is 14.6 Å². The van der Waals surface area contributed by atoms with Gasteiger partial charge >= 0.3 is 16.4 Å². The second-order valence-corrected chi connectivity index (χ2v) is 10.1. The van der Waals surface area contributed by atoms with Crippen LogP contribution in [-0.2, 0) is 21.5 Å². The van der Waals surface area contributed by atoms with Crippen LogP contribution in [0.4, 0.5) is 4.79 Å². The number of ether oxygens (including phenoxy) is 1. The van der Waals surface area contributed by atoms with Gasteiger partial charge in [0.1, 0.15) is 16.4 Å². The van der Waals surface area contributed by atoms with E-state index in [9.17, 15) is 13.2 Å². The number of alkyl carbamates (subject to hydrolysis) is 1. The summed E-state index contributed by atoms with van der Waals surface area (Å²) in [7, 11) is -4.09. The molecule has 1 atom stereocenters. The van der Waals surface area contributed by atoms with E-state index in [2.05, 4.69) is 9.50 Å². The van der Waals surface area contributed by atoms with E-state index in [-0.39, 0.29) is 5.75 Å². The zero-order valence-electron chi connectivity index (χ0n) is 17.9. The van der Waals surface area contributed by atoms with Gasteiger partial charge in [0.2, 0.25) is 0 Å². The van der Waals surface area contributed by atoms with Crippen LogP contribution in [0.2, 0.25) is 0 Å². The molecule has 3 aromatic rings. The smallest absolute Gasteiger partial charge is 0.408 e. The van der Waals surface area contributed by atoms with E-state index < -0.39 is 28.0 Å². The lowest BCUT2D eigenvalue weighted by molar-refractivity contribution is 0.0503.